The Kier molecular flexibility index (Phi) is 8.31. The molecule has 156 valence electrons. The molecule has 1 heterocycles. The number of unbranched alkanes of at least 4 members (excludes halogenated alkanes) is 1. The van der Waals surface area contributed by atoms with Crippen LogP contribution in [-0.4, -0.2) is 57.2 Å². The van der Waals surface area contributed by atoms with Gasteiger partial charge in [0.15, 0.2) is 5.96 Å². The first-order valence-electron chi connectivity index (χ1n) is 10.5. The Balaban J connectivity index is 1.26. The number of para-hydroxylation sites is 1. The Bertz CT molecular complexity index is 740. The number of aliphatic imine (C=N–C) groups is 1. The van der Waals surface area contributed by atoms with E-state index in [1.54, 1.807) is 19.2 Å². The first-order valence-corrected chi connectivity index (χ1v) is 10.5. The van der Waals surface area contributed by atoms with Gasteiger partial charge in [0.25, 0.3) is 0 Å². The largest absolute Gasteiger partial charge is 0.369 e. The van der Waals surface area contributed by atoms with Gasteiger partial charge >= 0.3 is 0 Å². The molecule has 3 rings (SSSR count). The molecule has 2 aromatic carbocycles. The molecular formula is C23H32FN5. The van der Waals surface area contributed by atoms with Crippen molar-refractivity contribution >= 4 is 11.6 Å². The van der Waals surface area contributed by atoms with Gasteiger partial charge in [-0.2, -0.15) is 0 Å². The molecule has 0 spiro atoms. The second kappa shape index (κ2) is 11.4. The Morgan fingerprint density at radius 3 is 2.34 bits per heavy atom. The number of nitrogens with one attached hydrogen (secondary N) is 2. The molecule has 0 unspecified atom stereocenters. The number of hydrogen-bond acceptors (Lipinski definition) is 3. The van der Waals surface area contributed by atoms with Gasteiger partial charge in [-0.1, -0.05) is 30.3 Å². The summed E-state index contributed by atoms with van der Waals surface area (Å²) in [6, 6.07) is 17.2. The van der Waals surface area contributed by atoms with Crippen molar-refractivity contribution in [2.45, 2.75) is 19.4 Å². The molecule has 0 amide bonds. The van der Waals surface area contributed by atoms with Crippen LogP contribution >= 0.6 is 0 Å². The maximum atomic E-state index is 13.0. The number of benzene rings is 2. The highest BCUT2D eigenvalue weighted by atomic mass is 19.1. The number of hydrogen-bond donors (Lipinski definition) is 2. The third kappa shape index (κ3) is 7.06. The first kappa shape index (κ1) is 21.1. The van der Waals surface area contributed by atoms with Gasteiger partial charge in [0, 0.05) is 52.0 Å². The molecule has 0 aromatic heterocycles. The van der Waals surface area contributed by atoms with Gasteiger partial charge in [-0.15, -0.1) is 0 Å². The van der Waals surface area contributed by atoms with Crippen molar-refractivity contribution in [1.29, 1.82) is 0 Å². The van der Waals surface area contributed by atoms with Crippen LogP contribution in [0, 0.1) is 5.82 Å². The highest BCUT2D eigenvalue weighted by Crippen LogP contribution is 2.15. The lowest BCUT2D eigenvalue weighted by Crippen LogP contribution is -2.46. The fourth-order valence-electron chi connectivity index (χ4n) is 3.54. The molecule has 6 heteroatoms. The monoisotopic (exact) mass is 397 g/mol. The Hall–Kier alpha value is -2.60. The van der Waals surface area contributed by atoms with Crippen molar-refractivity contribution in [2.75, 3.05) is 51.2 Å². The minimum Gasteiger partial charge on any atom is -0.369 e. The molecule has 1 saturated heterocycles. The van der Waals surface area contributed by atoms with Crippen LogP contribution in [0.5, 0.6) is 0 Å². The molecule has 1 aliphatic heterocycles. The Labute approximate surface area is 173 Å². The van der Waals surface area contributed by atoms with Crippen LogP contribution in [0.15, 0.2) is 59.6 Å². The average Bonchev–Trinajstić information content (AvgIpc) is 2.78. The van der Waals surface area contributed by atoms with Crippen molar-refractivity contribution in [2.24, 2.45) is 4.99 Å². The SMILES string of the molecule is CN=C(NCCCCN1CCN(c2ccccc2)CC1)NCc1ccc(F)cc1. The molecule has 0 radical (unpaired) electrons. The zero-order valence-corrected chi connectivity index (χ0v) is 17.3. The van der Waals surface area contributed by atoms with Gasteiger partial charge in [-0.05, 0) is 49.2 Å². The Morgan fingerprint density at radius 2 is 1.66 bits per heavy atom. The van der Waals surface area contributed by atoms with Crippen LogP contribution in [0.2, 0.25) is 0 Å². The van der Waals surface area contributed by atoms with Gasteiger partial charge in [0.05, 0.1) is 0 Å². The minimum absolute atomic E-state index is 0.210. The average molecular weight is 398 g/mol. The van der Waals surface area contributed by atoms with Gasteiger partial charge in [0.2, 0.25) is 0 Å². The van der Waals surface area contributed by atoms with Crippen molar-refractivity contribution in [1.82, 2.24) is 15.5 Å². The molecular weight excluding hydrogens is 365 g/mol. The number of rotatable bonds is 8. The number of nitrogens with zero attached hydrogens (tertiary/aromatic N) is 3. The highest BCUT2D eigenvalue weighted by Gasteiger charge is 2.16. The molecule has 0 saturated carbocycles. The minimum atomic E-state index is -0.210. The molecule has 2 aromatic rings. The maximum Gasteiger partial charge on any atom is 0.191 e. The van der Waals surface area contributed by atoms with E-state index in [2.05, 4.69) is 55.8 Å². The summed E-state index contributed by atoms with van der Waals surface area (Å²) < 4.78 is 13.0. The van der Waals surface area contributed by atoms with E-state index >= 15 is 0 Å². The molecule has 0 aliphatic carbocycles. The fraction of sp³-hybridized carbons (Fsp3) is 0.435. The van der Waals surface area contributed by atoms with Crippen molar-refractivity contribution in [3.63, 3.8) is 0 Å². The summed E-state index contributed by atoms with van der Waals surface area (Å²) >= 11 is 0. The summed E-state index contributed by atoms with van der Waals surface area (Å²) in [6.07, 6.45) is 2.28. The molecule has 1 aliphatic rings. The van der Waals surface area contributed by atoms with Crippen molar-refractivity contribution in [3.05, 3.63) is 66.0 Å². The van der Waals surface area contributed by atoms with E-state index in [-0.39, 0.29) is 5.82 Å². The lowest BCUT2D eigenvalue weighted by molar-refractivity contribution is 0.253. The van der Waals surface area contributed by atoms with Crippen molar-refractivity contribution < 1.29 is 4.39 Å². The van der Waals surface area contributed by atoms with Gasteiger partial charge < -0.3 is 15.5 Å². The second-order valence-electron chi connectivity index (χ2n) is 7.35. The van der Waals surface area contributed by atoms with E-state index in [9.17, 15) is 4.39 Å². The molecule has 29 heavy (non-hydrogen) atoms. The first-order chi connectivity index (χ1) is 14.2. The van der Waals surface area contributed by atoms with Crippen LogP contribution in [0.25, 0.3) is 0 Å². The molecule has 0 atom stereocenters. The van der Waals surface area contributed by atoms with E-state index in [1.807, 2.05) is 0 Å². The van der Waals surface area contributed by atoms with Crippen LogP contribution in [0.3, 0.4) is 0 Å². The van der Waals surface area contributed by atoms with E-state index in [1.165, 1.54) is 24.2 Å². The molecule has 2 N–H and O–H groups in total. The van der Waals surface area contributed by atoms with Gasteiger partial charge in [-0.25, -0.2) is 4.39 Å². The van der Waals surface area contributed by atoms with Gasteiger partial charge in [-0.3, -0.25) is 9.89 Å². The standard InChI is InChI=1S/C23H32FN5/c1-25-23(27-19-20-9-11-21(24)12-10-20)26-13-5-6-14-28-15-17-29(18-16-28)22-7-3-2-4-8-22/h2-4,7-12H,5-6,13-19H2,1H3,(H2,25,26,27). The zero-order chi connectivity index (χ0) is 20.3. The summed E-state index contributed by atoms with van der Waals surface area (Å²) in [5.74, 6) is 0.573. The predicted molar refractivity (Wildman–Crippen MR) is 119 cm³/mol. The fourth-order valence-corrected chi connectivity index (χ4v) is 3.54. The third-order valence-electron chi connectivity index (χ3n) is 5.28. The maximum absolute atomic E-state index is 13.0. The van der Waals surface area contributed by atoms with Crippen LogP contribution < -0.4 is 15.5 Å². The zero-order valence-electron chi connectivity index (χ0n) is 17.3. The summed E-state index contributed by atoms with van der Waals surface area (Å²) in [4.78, 5) is 9.27. The van der Waals surface area contributed by atoms with Crippen LogP contribution in [0.1, 0.15) is 18.4 Å². The van der Waals surface area contributed by atoms with E-state index in [0.717, 1.165) is 57.2 Å². The number of anilines is 1. The normalized spacial score (nSPS) is 15.4. The number of guanidine groups is 1. The second-order valence-corrected chi connectivity index (χ2v) is 7.35. The molecule has 0 bridgehead atoms. The van der Waals surface area contributed by atoms with E-state index < -0.39 is 0 Å². The third-order valence-corrected chi connectivity index (χ3v) is 5.28. The lowest BCUT2D eigenvalue weighted by atomic mass is 10.2. The smallest absolute Gasteiger partial charge is 0.191 e. The summed E-state index contributed by atoms with van der Waals surface area (Å²) in [5, 5.41) is 6.62. The van der Waals surface area contributed by atoms with Crippen LogP contribution in [-0.2, 0) is 6.54 Å². The lowest BCUT2D eigenvalue weighted by Gasteiger charge is -2.36. The Morgan fingerprint density at radius 1 is 0.931 bits per heavy atom. The topological polar surface area (TPSA) is 42.9 Å². The van der Waals surface area contributed by atoms with Gasteiger partial charge in [0.1, 0.15) is 5.82 Å². The summed E-state index contributed by atoms with van der Waals surface area (Å²) in [7, 11) is 1.77. The number of halogens is 1. The quantitative estimate of drug-likeness (QED) is 0.408. The predicted octanol–water partition coefficient (Wildman–Crippen LogP) is 3.09. The number of piperazine rings is 1. The molecule has 5 nitrogen and oxygen atoms in total. The van der Waals surface area contributed by atoms with Crippen LogP contribution in [0.4, 0.5) is 10.1 Å². The summed E-state index contributed by atoms with van der Waals surface area (Å²) in [5.41, 5.74) is 2.36. The molecule has 1 fully saturated rings. The summed E-state index contributed by atoms with van der Waals surface area (Å²) in [6.45, 7) is 7.13. The van der Waals surface area contributed by atoms with Crippen molar-refractivity contribution in [3.8, 4) is 0 Å². The van der Waals surface area contributed by atoms with E-state index in [4.69, 9.17) is 0 Å². The van der Waals surface area contributed by atoms with E-state index in [0.29, 0.717) is 6.54 Å². The highest BCUT2D eigenvalue weighted by molar-refractivity contribution is 5.79.